The van der Waals surface area contributed by atoms with Gasteiger partial charge < -0.3 is 5.32 Å². The Kier molecular flexibility index (Phi) is 4.92. The Hall–Kier alpha value is -1.27. The Bertz CT molecular complexity index is 357. The summed E-state index contributed by atoms with van der Waals surface area (Å²) in [6, 6.07) is 1.71. The van der Waals surface area contributed by atoms with Crippen LogP contribution < -0.4 is 5.32 Å². The predicted octanol–water partition coefficient (Wildman–Crippen LogP) is 2.52. The van der Waals surface area contributed by atoms with E-state index in [1.807, 2.05) is 0 Å². The molecule has 1 rings (SSSR count). The van der Waals surface area contributed by atoms with Crippen molar-refractivity contribution in [2.45, 2.75) is 26.2 Å². The molecular weight excluding hydrogens is 210 g/mol. The molecule has 0 aliphatic carbocycles. The molecule has 15 heavy (non-hydrogen) atoms. The lowest BCUT2D eigenvalue weighted by molar-refractivity contribution is 0.834. The van der Waals surface area contributed by atoms with Crippen LogP contribution in [0.15, 0.2) is 6.07 Å². The number of halogens is 1. The third-order valence-corrected chi connectivity index (χ3v) is 1.98. The van der Waals surface area contributed by atoms with Gasteiger partial charge in [-0.1, -0.05) is 18.5 Å². The fraction of sp³-hybridized carbons (Fsp3) is 0.455. The average molecular weight is 224 g/mol. The molecule has 0 fully saturated rings. The highest BCUT2D eigenvalue weighted by Crippen LogP contribution is 2.12. The lowest BCUT2D eigenvalue weighted by Crippen LogP contribution is -2.05. The van der Waals surface area contributed by atoms with Crippen molar-refractivity contribution in [1.82, 2.24) is 9.97 Å². The number of nitrogens with one attached hydrogen (secondary N) is 1. The van der Waals surface area contributed by atoms with E-state index < -0.39 is 0 Å². The zero-order valence-electron chi connectivity index (χ0n) is 8.76. The van der Waals surface area contributed by atoms with Crippen molar-refractivity contribution in [2.24, 2.45) is 0 Å². The lowest BCUT2D eigenvalue weighted by Gasteiger charge is -2.05. The summed E-state index contributed by atoms with van der Waals surface area (Å²) in [5.74, 6) is 4.07. The topological polar surface area (TPSA) is 37.8 Å². The highest BCUT2D eigenvalue weighted by molar-refractivity contribution is 6.29. The molecule has 1 aromatic heterocycles. The first-order valence-corrected chi connectivity index (χ1v) is 5.35. The molecule has 0 aliphatic rings. The van der Waals surface area contributed by atoms with Crippen LogP contribution in [0.25, 0.3) is 0 Å². The molecule has 0 saturated carbocycles. The third-order valence-electron chi connectivity index (χ3n) is 1.79. The van der Waals surface area contributed by atoms with Crippen LogP contribution in [-0.4, -0.2) is 16.5 Å². The van der Waals surface area contributed by atoms with E-state index in [1.165, 1.54) is 0 Å². The molecule has 0 spiro atoms. The van der Waals surface area contributed by atoms with Gasteiger partial charge in [0.2, 0.25) is 0 Å². The molecule has 0 aliphatic heterocycles. The Morgan fingerprint density at radius 1 is 1.53 bits per heavy atom. The Labute approximate surface area is 95.3 Å². The molecule has 3 nitrogen and oxygen atoms in total. The summed E-state index contributed by atoms with van der Waals surface area (Å²) in [4.78, 5) is 8.45. The van der Waals surface area contributed by atoms with Crippen molar-refractivity contribution in [3.05, 3.63) is 17.0 Å². The summed E-state index contributed by atoms with van der Waals surface area (Å²) in [6.45, 7) is 2.78. The molecule has 0 bridgehead atoms. The maximum Gasteiger partial charge on any atom is 0.134 e. The van der Waals surface area contributed by atoms with Crippen LogP contribution in [0.1, 0.15) is 25.6 Å². The normalized spacial score (nSPS) is 9.67. The first-order valence-electron chi connectivity index (χ1n) is 4.97. The molecule has 1 heterocycles. The van der Waals surface area contributed by atoms with E-state index in [-0.39, 0.29) is 0 Å². The van der Waals surface area contributed by atoms with Gasteiger partial charge in [0.1, 0.15) is 16.8 Å². The second-order valence-corrected chi connectivity index (χ2v) is 3.51. The average Bonchev–Trinajstić information content (AvgIpc) is 2.18. The van der Waals surface area contributed by atoms with Gasteiger partial charge in [-0.05, 0) is 6.42 Å². The van der Waals surface area contributed by atoms with Crippen molar-refractivity contribution >= 4 is 17.4 Å². The number of nitrogens with zero attached hydrogens (tertiary/aromatic N) is 2. The van der Waals surface area contributed by atoms with Gasteiger partial charge in [0, 0.05) is 25.5 Å². The van der Waals surface area contributed by atoms with E-state index in [1.54, 1.807) is 6.07 Å². The van der Waals surface area contributed by atoms with Crippen molar-refractivity contribution in [1.29, 1.82) is 0 Å². The van der Waals surface area contributed by atoms with Crippen LogP contribution in [0.5, 0.6) is 0 Å². The minimum absolute atomic E-state index is 0.469. The van der Waals surface area contributed by atoms with E-state index in [0.29, 0.717) is 18.1 Å². The van der Waals surface area contributed by atoms with E-state index in [0.717, 1.165) is 24.5 Å². The van der Waals surface area contributed by atoms with E-state index in [2.05, 4.69) is 28.1 Å². The summed E-state index contributed by atoms with van der Waals surface area (Å²) in [6.07, 6.45) is 7.66. The third kappa shape index (κ3) is 4.18. The van der Waals surface area contributed by atoms with Gasteiger partial charge in [-0.3, -0.25) is 0 Å². The number of anilines is 1. The number of rotatable bonds is 5. The Morgan fingerprint density at radius 2 is 2.33 bits per heavy atom. The summed E-state index contributed by atoms with van der Waals surface area (Å²) in [7, 11) is 0. The largest absolute Gasteiger partial charge is 0.369 e. The van der Waals surface area contributed by atoms with Crippen molar-refractivity contribution in [2.75, 3.05) is 11.9 Å². The van der Waals surface area contributed by atoms with Gasteiger partial charge in [-0.2, -0.15) is 0 Å². The maximum atomic E-state index is 5.87. The van der Waals surface area contributed by atoms with Gasteiger partial charge in [0.25, 0.3) is 0 Å². The minimum Gasteiger partial charge on any atom is -0.369 e. The molecule has 0 aromatic carbocycles. The van der Waals surface area contributed by atoms with Gasteiger partial charge in [-0.15, -0.1) is 12.3 Å². The molecule has 0 amide bonds. The quantitative estimate of drug-likeness (QED) is 0.474. The monoisotopic (exact) mass is 223 g/mol. The summed E-state index contributed by atoms with van der Waals surface area (Å²) in [5, 5.41) is 3.58. The zero-order valence-corrected chi connectivity index (χ0v) is 9.51. The fourth-order valence-corrected chi connectivity index (χ4v) is 1.35. The predicted molar refractivity (Wildman–Crippen MR) is 63.0 cm³/mol. The van der Waals surface area contributed by atoms with E-state index in [9.17, 15) is 0 Å². The van der Waals surface area contributed by atoms with E-state index >= 15 is 0 Å². The van der Waals surface area contributed by atoms with Crippen LogP contribution in [0.3, 0.4) is 0 Å². The van der Waals surface area contributed by atoms with Gasteiger partial charge >= 0.3 is 0 Å². The van der Waals surface area contributed by atoms with E-state index in [4.69, 9.17) is 18.0 Å². The first kappa shape index (κ1) is 11.8. The molecule has 0 saturated heterocycles. The van der Waals surface area contributed by atoms with Crippen LogP contribution >= 0.6 is 11.6 Å². The smallest absolute Gasteiger partial charge is 0.134 e. The summed E-state index contributed by atoms with van der Waals surface area (Å²) >= 11 is 5.87. The second-order valence-electron chi connectivity index (χ2n) is 3.12. The number of hydrogen-bond donors (Lipinski definition) is 1. The fourth-order valence-electron chi connectivity index (χ4n) is 1.15. The summed E-state index contributed by atoms with van der Waals surface area (Å²) in [5.41, 5.74) is 0. The number of aryl methyl sites for hydroxylation is 1. The molecule has 4 heteroatoms. The number of aromatic nitrogens is 2. The minimum atomic E-state index is 0.469. The Balaban J connectivity index is 2.67. The second kappa shape index (κ2) is 6.26. The SMILES string of the molecule is C#CCCNc1cc(Cl)nc(CCC)n1. The molecule has 0 atom stereocenters. The highest BCUT2D eigenvalue weighted by Gasteiger charge is 2.01. The van der Waals surface area contributed by atoms with Crippen molar-refractivity contribution in [3.8, 4) is 12.3 Å². The molecule has 80 valence electrons. The maximum absolute atomic E-state index is 5.87. The lowest BCUT2D eigenvalue weighted by atomic mass is 10.3. The molecule has 0 unspecified atom stereocenters. The van der Waals surface area contributed by atoms with Crippen LogP contribution in [-0.2, 0) is 6.42 Å². The number of hydrogen-bond acceptors (Lipinski definition) is 3. The van der Waals surface area contributed by atoms with Crippen LogP contribution in [0.4, 0.5) is 5.82 Å². The van der Waals surface area contributed by atoms with Crippen molar-refractivity contribution in [3.63, 3.8) is 0 Å². The van der Waals surface area contributed by atoms with Gasteiger partial charge in [0.15, 0.2) is 0 Å². The van der Waals surface area contributed by atoms with Gasteiger partial charge in [0.05, 0.1) is 0 Å². The van der Waals surface area contributed by atoms with Gasteiger partial charge in [-0.25, -0.2) is 9.97 Å². The zero-order chi connectivity index (χ0) is 11.1. The standard InChI is InChI=1S/C11H14ClN3/c1-3-5-7-13-11-8-9(12)14-10(15-11)6-4-2/h1,8H,4-7H2,2H3,(H,13,14,15). The molecule has 1 N–H and O–H groups in total. The number of terminal acetylenes is 1. The van der Waals surface area contributed by atoms with Crippen molar-refractivity contribution < 1.29 is 0 Å². The Morgan fingerprint density at radius 3 is 3.00 bits per heavy atom. The molecular formula is C11H14ClN3. The van der Waals surface area contributed by atoms with Crippen LogP contribution in [0.2, 0.25) is 5.15 Å². The first-order chi connectivity index (χ1) is 7.26. The van der Waals surface area contributed by atoms with Crippen LogP contribution in [0, 0.1) is 12.3 Å². The molecule has 1 aromatic rings. The highest BCUT2D eigenvalue weighted by atomic mass is 35.5. The molecule has 0 radical (unpaired) electrons. The summed E-state index contributed by atoms with van der Waals surface area (Å²) < 4.78 is 0.